The van der Waals surface area contributed by atoms with E-state index in [1.54, 1.807) is 12.3 Å². The van der Waals surface area contributed by atoms with Crippen molar-refractivity contribution in [3.8, 4) is 0 Å². The zero-order valence-electron chi connectivity index (χ0n) is 9.72. The highest BCUT2D eigenvalue weighted by molar-refractivity contribution is 6.38. The maximum atomic E-state index is 6.07. The Morgan fingerprint density at radius 2 is 2.06 bits per heavy atom. The van der Waals surface area contributed by atoms with Crippen LogP contribution in [-0.4, -0.2) is 13.1 Å². The third-order valence-corrected chi connectivity index (χ3v) is 3.17. The molecule has 92 valence electrons. The summed E-state index contributed by atoms with van der Waals surface area (Å²) >= 11 is 12.1. The second-order valence-corrected chi connectivity index (χ2v) is 4.87. The van der Waals surface area contributed by atoms with Crippen molar-refractivity contribution in [2.24, 2.45) is 0 Å². The summed E-state index contributed by atoms with van der Waals surface area (Å²) in [6, 6.07) is 3.61. The van der Waals surface area contributed by atoms with Crippen LogP contribution < -0.4 is 5.32 Å². The van der Waals surface area contributed by atoms with Crippen LogP contribution in [0.15, 0.2) is 22.8 Å². The number of halogens is 2. The molecular formula is C13H15Cl2NO. The average molecular weight is 272 g/mol. The Bertz CT molecular complexity index is 507. The second-order valence-electron chi connectivity index (χ2n) is 4.03. The Labute approximate surface area is 111 Å². The number of fused-ring (bicyclic) bond motifs is 1. The molecule has 0 bridgehead atoms. The van der Waals surface area contributed by atoms with Crippen molar-refractivity contribution in [1.82, 2.24) is 5.32 Å². The molecule has 2 rings (SSSR count). The number of hydrogen-bond acceptors (Lipinski definition) is 2. The molecule has 0 atom stereocenters. The van der Waals surface area contributed by atoms with Crippen LogP contribution in [0.4, 0.5) is 0 Å². The molecule has 17 heavy (non-hydrogen) atoms. The highest BCUT2D eigenvalue weighted by Gasteiger charge is 2.10. The van der Waals surface area contributed by atoms with Crippen LogP contribution in [0.5, 0.6) is 0 Å². The predicted octanol–water partition coefficient (Wildman–Crippen LogP) is 4.28. The van der Waals surface area contributed by atoms with Crippen LogP contribution in [0.1, 0.15) is 18.9 Å². The summed E-state index contributed by atoms with van der Waals surface area (Å²) in [7, 11) is 0. The molecule has 0 aliphatic heterocycles. The van der Waals surface area contributed by atoms with Crippen molar-refractivity contribution in [3.05, 3.63) is 34.0 Å². The van der Waals surface area contributed by atoms with Crippen LogP contribution >= 0.6 is 23.2 Å². The largest absolute Gasteiger partial charge is 0.462 e. The first-order chi connectivity index (χ1) is 8.22. The molecule has 0 unspecified atom stereocenters. The van der Waals surface area contributed by atoms with Crippen molar-refractivity contribution >= 4 is 34.2 Å². The SMILES string of the molecule is CCCNCCc1coc2c(Cl)cc(Cl)cc12. The van der Waals surface area contributed by atoms with Gasteiger partial charge in [0.2, 0.25) is 0 Å². The first-order valence-electron chi connectivity index (χ1n) is 5.78. The van der Waals surface area contributed by atoms with E-state index in [9.17, 15) is 0 Å². The molecule has 1 aromatic carbocycles. The van der Waals surface area contributed by atoms with Crippen LogP contribution in [0.3, 0.4) is 0 Å². The Morgan fingerprint density at radius 1 is 1.24 bits per heavy atom. The monoisotopic (exact) mass is 271 g/mol. The zero-order chi connectivity index (χ0) is 12.3. The van der Waals surface area contributed by atoms with Crippen molar-refractivity contribution < 1.29 is 4.42 Å². The lowest BCUT2D eigenvalue weighted by Gasteiger charge is -2.01. The highest BCUT2D eigenvalue weighted by atomic mass is 35.5. The third-order valence-electron chi connectivity index (χ3n) is 2.67. The van der Waals surface area contributed by atoms with Crippen molar-refractivity contribution in [2.75, 3.05) is 13.1 Å². The first-order valence-corrected chi connectivity index (χ1v) is 6.53. The van der Waals surface area contributed by atoms with Gasteiger partial charge in [0.1, 0.15) is 0 Å². The fourth-order valence-corrected chi connectivity index (χ4v) is 2.37. The second kappa shape index (κ2) is 5.76. The van der Waals surface area contributed by atoms with E-state index in [4.69, 9.17) is 27.6 Å². The van der Waals surface area contributed by atoms with Gasteiger partial charge in [-0.1, -0.05) is 30.1 Å². The van der Waals surface area contributed by atoms with E-state index in [-0.39, 0.29) is 0 Å². The van der Waals surface area contributed by atoms with Crippen molar-refractivity contribution in [1.29, 1.82) is 0 Å². The van der Waals surface area contributed by atoms with Gasteiger partial charge in [-0.3, -0.25) is 0 Å². The van der Waals surface area contributed by atoms with Gasteiger partial charge in [-0.05, 0) is 43.6 Å². The van der Waals surface area contributed by atoms with Gasteiger partial charge in [0.15, 0.2) is 5.58 Å². The zero-order valence-corrected chi connectivity index (χ0v) is 11.2. The fraction of sp³-hybridized carbons (Fsp3) is 0.385. The van der Waals surface area contributed by atoms with Gasteiger partial charge in [0.05, 0.1) is 11.3 Å². The molecule has 1 aromatic heterocycles. The average Bonchev–Trinajstić information content (AvgIpc) is 2.68. The fourth-order valence-electron chi connectivity index (χ4n) is 1.83. The quantitative estimate of drug-likeness (QED) is 0.822. The van der Waals surface area contributed by atoms with E-state index >= 15 is 0 Å². The lowest BCUT2D eigenvalue weighted by molar-refractivity contribution is 0.605. The molecular weight excluding hydrogens is 257 g/mol. The molecule has 0 amide bonds. The number of rotatable bonds is 5. The molecule has 2 aromatic rings. The van der Waals surface area contributed by atoms with E-state index < -0.39 is 0 Å². The van der Waals surface area contributed by atoms with E-state index in [0.717, 1.165) is 42.5 Å². The summed E-state index contributed by atoms with van der Waals surface area (Å²) in [5.41, 5.74) is 1.87. The van der Waals surface area contributed by atoms with E-state index in [0.29, 0.717) is 10.0 Å². The minimum absolute atomic E-state index is 0.570. The van der Waals surface area contributed by atoms with E-state index in [1.165, 1.54) is 0 Å². The number of benzene rings is 1. The molecule has 0 radical (unpaired) electrons. The molecule has 0 spiro atoms. The number of hydrogen-bond donors (Lipinski definition) is 1. The lowest BCUT2D eigenvalue weighted by atomic mass is 10.1. The molecule has 4 heteroatoms. The Hall–Kier alpha value is -0.700. The molecule has 0 aliphatic carbocycles. The molecule has 0 saturated heterocycles. The van der Waals surface area contributed by atoms with E-state index in [1.807, 2.05) is 6.07 Å². The number of furan rings is 1. The molecule has 1 heterocycles. The van der Waals surface area contributed by atoms with E-state index in [2.05, 4.69) is 12.2 Å². The molecule has 1 N–H and O–H groups in total. The minimum atomic E-state index is 0.570. The lowest BCUT2D eigenvalue weighted by Crippen LogP contribution is -2.17. The maximum absolute atomic E-state index is 6.07. The van der Waals surface area contributed by atoms with Crippen LogP contribution in [0.25, 0.3) is 11.0 Å². The van der Waals surface area contributed by atoms with Crippen molar-refractivity contribution in [3.63, 3.8) is 0 Å². The smallest absolute Gasteiger partial charge is 0.152 e. The Kier molecular flexibility index (Phi) is 4.32. The normalized spacial score (nSPS) is 11.2. The van der Waals surface area contributed by atoms with Gasteiger partial charge < -0.3 is 9.73 Å². The van der Waals surface area contributed by atoms with Gasteiger partial charge in [0, 0.05) is 10.4 Å². The first kappa shape index (κ1) is 12.7. The predicted molar refractivity (Wildman–Crippen MR) is 73.1 cm³/mol. The summed E-state index contributed by atoms with van der Waals surface area (Å²) in [6.07, 6.45) is 3.83. The van der Waals surface area contributed by atoms with Crippen LogP contribution in [0.2, 0.25) is 10.0 Å². The topological polar surface area (TPSA) is 25.2 Å². The maximum Gasteiger partial charge on any atom is 0.152 e. The van der Waals surface area contributed by atoms with Crippen molar-refractivity contribution in [2.45, 2.75) is 19.8 Å². The van der Waals surface area contributed by atoms with Gasteiger partial charge in [-0.15, -0.1) is 0 Å². The molecule has 2 nitrogen and oxygen atoms in total. The van der Waals surface area contributed by atoms with Crippen LogP contribution in [0, 0.1) is 0 Å². The highest BCUT2D eigenvalue weighted by Crippen LogP contribution is 2.31. The molecule has 0 fully saturated rings. The molecule has 0 saturated carbocycles. The van der Waals surface area contributed by atoms with Gasteiger partial charge in [-0.2, -0.15) is 0 Å². The summed E-state index contributed by atoms with van der Waals surface area (Å²) in [5, 5.41) is 5.59. The van der Waals surface area contributed by atoms with Crippen LogP contribution in [-0.2, 0) is 6.42 Å². The Balaban J connectivity index is 2.18. The summed E-state index contributed by atoms with van der Waals surface area (Å²) in [5.74, 6) is 0. The molecule has 0 aliphatic rings. The summed E-state index contributed by atoms with van der Waals surface area (Å²) < 4.78 is 5.47. The summed E-state index contributed by atoms with van der Waals surface area (Å²) in [4.78, 5) is 0. The minimum Gasteiger partial charge on any atom is -0.462 e. The van der Waals surface area contributed by atoms with Gasteiger partial charge in [0.25, 0.3) is 0 Å². The van der Waals surface area contributed by atoms with Gasteiger partial charge in [-0.25, -0.2) is 0 Å². The third kappa shape index (κ3) is 2.95. The summed E-state index contributed by atoms with van der Waals surface area (Å²) in [6.45, 7) is 4.13. The number of nitrogens with one attached hydrogen (secondary N) is 1. The van der Waals surface area contributed by atoms with Gasteiger partial charge >= 0.3 is 0 Å². The Morgan fingerprint density at radius 3 is 2.82 bits per heavy atom. The standard InChI is InChI=1S/C13H15Cl2NO/c1-2-4-16-5-3-9-8-17-13-11(9)6-10(14)7-12(13)15/h6-8,16H,2-5H2,1H3.